The topological polar surface area (TPSA) is 50.7 Å². The molecule has 2 rings (SSSR count). The van der Waals surface area contributed by atoms with E-state index in [0.717, 1.165) is 22.6 Å². The Morgan fingerprint density at radius 1 is 1.05 bits per heavy atom. The molecule has 2 N–H and O–H groups in total. The van der Waals surface area contributed by atoms with Crippen LogP contribution in [0, 0.1) is 6.92 Å². The van der Waals surface area contributed by atoms with E-state index in [0.29, 0.717) is 12.3 Å². The van der Waals surface area contributed by atoms with Crippen molar-refractivity contribution < 1.29 is 14.6 Å². The Balaban J connectivity index is 2.08. The summed E-state index contributed by atoms with van der Waals surface area (Å²) >= 11 is 0. The van der Waals surface area contributed by atoms with Crippen LogP contribution in [0.1, 0.15) is 11.1 Å². The number of phenolic OH excluding ortho intramolecular Hbond substituents is 1. The van der Waals surface area contributed by atoms with Crippen LogP contribution in [-0.4, -0.2) is 19.3 Å². The number of aromatic hydroxyl groups is 1. The van der Waals surface area contributed by atoms with Crippen molar-refractivity contribution in [1.29, 1.82) is 0 Å². The summed E-state index contributed by atoms with van der Waals surface area (Å²) in [6.07, 6.45) is 0. The Bertz CT molecular complexity index is 596. The molecule has 106 valence electrons. The minimum atomic E-state index is 0.150. The van der Waals surface area contributed by atoms with Crippen LogP contribution in [0.4, 0.5) is 5.69 Å². The van der Waals surface area contributed by atoms with Gasteiger partial charge in [0, 0.05) is 12.2 Å². The normalized spacial score (nSPS) is 10.2. The number of rotatable bonds is 5. The molecule has 0 aliphatic rings. The summed E-state index contributed by atoms with van der Waals surface area (Å²) in [4.78, 5) is 0. The minimum absolute atomic E-state index is 0.150. The molecule has 0 atom stereocenters. The van der Waals surface area contributed by atoms with Gasteiger partial charge in [-0.25, -0.2) is 0 Å². The molecule has 0 spiro atoms. The number of hydrogen-bond donors (Lipinski definition) is 2. The number of anilines is 1. The molecule has 0 unspecified atom stereocenters. The average Bonchev–Trinajstić information content (AvgIpc) is 2.47. The Kier molecular flexibility index (Phi) is 4.35. The lowest BCUT2D eigenvalue weighted by molar-refractivity contribution is 0.373. The van der Waals surface area contributed by atoms with Crippen LogP contribution in [-0.2, 0) is 6.54 Å². The summed E-state index contributed by atoms with van der Waals surface area (Å²) in [5.74, 6) is 1.48. The maximum Gasteiger partial charge on any atom is 0.160 e. The van der Waals surface area contributed by atoms with Gasteiger partial charge in [0.1, 0.15) is 5.75 Å². The first-order valence-electron chi connectivity index (χ1n) is 6.38. The first-order chi connectivity index (χ1) is 9.63. The standard InChI is InChI=1S/C16H19NO3/c1-11-8-13(19-2)5-6-14(11)17-10-12-4-7-15(18)16(9-12)20-3/h4-9,17-18H,10H2,1-3H3. The highest BCUT2D eigenvalue weighted by Gasteiger charge is 2.04. The van der Waals surface area contributed by atoms with Gasteiger partial charge in [-0.1, -0.05) is 6.07 Å². The fraction of sp³-hybridized carbons (Fsp3) is 0.250. The van der Waals surface area contributed by atoms with E-state index in [1.807, 2.05) is 37.3 Å². The number of hydrogen-bond acceptors (Lipinski definition) is 4. The zero-order valence-corrected chi connectivity index (χ0v) is 11.9. The minimum Gasteiger partial charge on any atom is -0.504 e. The van der Waals surface area contributed by atoms with Gasteiger partial charge in [0.05, 0.1) is 14.2 Å². The van der Waals surface area contributed by atoms with Crippen molar-refractivity contribution in [3.63, 3.8) is 0 Å². The van der Waals surface area contributed by atoms with Crippen molar-refractivity contribution in [2.45, 2.75) is 13.5 Å². The molecule has 0 bridgehead atoms. The van der Waals surface area contributed by atoms with E-state index in [-0.39, 0.29) is 5.75 Å². The molecule has 20 heavy (non-hydrogen) atoms. The van der Waals surface area contributed by atoms with Crippen molar-refractivity contribution in [3.8, 4) is 17.2 Å². The molecular weight excluding hydrogens is 254 g/mol. The number of phenols is 1. The Morgan fingerprint density at radius 2 is 1.85 bits per heavy atom. The molecule has 0 heterocycles. The summed E-state index contributed by atoms with van der Waals surface area (Å²) in [6.45, 7) is 2.69. The van der Waals surface area contributed by atoms with Gasteiger partial charge in [-0.3, -0.25) is 0 Å². The van der Waals surface area contributed by atoms with Crippen LogP contribution in [0.2, 0.25) is 0 Å². The lowest BCUT2D eigenvalue weighted by Crippen LogP contribution is -2.01. The van der Waals surface area contributed by atoms with E-state index in [1.54, 1.807) is 20.3 Å². The number of methoxy groups -OCH3 is 2. The largest absolute Gasteiger partial charge is 0.504 e. The van der Waals surface area contributed by atoms with Crippen molar-refractivity contribution in [1.82, 2.24) is 0 Å². The SMILES string of the molecule is COc1ccc(NCc2ccc(O)c(OC)c2)c(C)c1. The van der Waals surface area contributed by atoms with Crippen LogP contribution in [0.25, 0.3) is 0 Å². The molecule has 0 fully saturated rings. The van der Waals surface area contributed by atoms with Crippen LogP contribution in [0.15, 0.2) is 36.4 Å². The number of aryl methyl sites for hydroxylation is 1. The highest BCUT2D eigenvalue weighted by molar-refractivity contribution is 5.54. The first-order valence-corrected chi connectivity index (χ1v) is 6.38. The van der Waals surface area contributed by atoms with Crippen molar-refractivity contribution in [2.24, 2.45) is 0 Å². The first kappa shape index (κ1) is 14.1. The fourth-order valence-corrected chi connectivity index (χ4v) is 1.99. The second-order valence-electron chi connectivity index (χ2n) is 4.54. The van der Waals surface area contributed by atoms with Gasteiger partial charge in [-0.05, 0) is 48.4 Å². The fourth-order valence-electron chi connectivity index (χ4n) is 1.99. The van der Waals surface area contributed by atoms with Gasteiger partial charge in [-0.15, -0.1) is 0 Å². The molecule has 2 aromatic carbocycles. The van der Waals surface area contributed by atoms with E-state index in [1.165, 1.54) is 0 Å². The predicted octanol–water partition coefficient (Wildman–Crippen LogP) is 3.33. The molecule has 0 saturated heterocycles. The van der Waals surface area contributed by atoms with Crippen LogP contribution in [0.3, 0.4) is 0 Å². The zero-order chi connectivity index (χ0) is 14.5. The van der Waals surface area contributed by atoms with Crippen molar-refractivity contribution in [3.05, 3.63) is 47.5 Å². The lowest BCUT2D eigenvalue weighted by atomic mass is 10.1. The van der Waals surface area contributed by atoms with E-state index in [4.69, 9.17) is 9.47 Å². The Hall–Kier alpha value is -2.36. The van der Waals surface area contributed by atoms with Gasteiger partial charge < -0.3 is 19.9 Å². The lowest BCUT2D eigenvalue weighted by Gasteiger charge is -2.12. The third kappa shape index (κ3) is 3.15. The van der Waals surface area contributed by atoms with Gasteiger partial charge in [0.15, 0.2) is 11.5 Å². The molecule has 4 nitrogen and oxygen atoms in total. The smallest absolute Gasteiger partial charge is 0.160 e. The summed E-state index contributed by atoms with van der Waals surface area (Å²) < 4.78 is 10.3. The summed E-state index contributed by atoms with van der Waals surface area (Å²) in [7, 11) is 3.20. The number of nitrogens with one attached hydrogen (secondary N) is 1. The van der Waals surface area contributed by atoms with E-state index in [9.17, 15) is 5.11 Å². The second-order valence-corrected chi connectivity index (χ2v) is 4.54. The quantitative estimate of drug-likeness (QED) is 0.877. The van der Waals surface area contributed by atoms with E-state index < -0.39 is 0 Å². The molecule has 0 radical (unpaired) electrons. The van der Waals surface area contributed by atoms with Crippen LogP contribution in [0.5, 0.6) is 17.2 Å². The van der Waals surface area contributed by atoms with Crippen LogP contribution >= 0.6 is 0 Å². The summed E-state index contributed by atoms with van der Waals surface area (Å²) in [5, 5.41) is 12.9. The zero-order valence-electron chi connectivity index (χ0n) is 11.9. The van der Waals surface area contributed by atoms with Gasteiger partial charge in [0.25, 0.3) is 0 Å². The summed E-state index contributed by atoms with van der Waals surface area (Å²) in [6, 6.07) is 11.2. The Labute approximate surface area is 119 Å². The second kappa shape index (κ2) is 6.19. The third-order valence-corrected chi connectivity index (χ3v) is 3.16. The number of benzene rings is 2. The van der Waals surface area contributed by atoms with E-state index in [2.05, 4.69) is 5.32 Å². The third-order valence-electron chi connectivity index (χ3n) is 3.16. The molecular formula is C16H19NO3. The van der Waals surface area contributed by atoms with Gasteiger partial charge in [-0.2, -0.15) is 0 Å². The van der Waals surface area contributed by atoms with Crippen molar-refractivity contribution in [2.75, 3.05) is 19.5 Å². The predicted molar refractivity (Wildman–Crippen MR) is 79.7 cm³/mol. The summed E-state index contributed by atoms with van der Waals surface area (Å²) in [5.41, 5.74) is 3.21. The van der Waals surface area contributed by atoms with Crippen molar-refractivity contribution >= 4 is 5.69 Å². The molecule has 0 amide bonds. The molecule has 0 aliphatic carbocycles. The average molecular weight is 273 g/mol. The number of ether oxygens (including phenoxy) is 2. The molecule has 4 heteroatoms. The van der Waals surface area contributed by atoms with Crippen LogP contribution < -0.4 is 14.8 Å². The van der Waals surface area contributed by atoms with Gasteiger partial charge in [0.2, 0.25) is 0 Å². The highest BCUT2D eigenvalue weighted by Crippen LogP contribution is 2.27. The monoisotopic (exact) mass is 273 g/mol. The van der Waals surface area contributed by atoms with E-state index >= 15 is 0 Å². The van der Waals surface area contributed by atoms with Gasteiger partial charge >= 0.3 is 0 Å². The highest BCUT2D eigenvalue weighted by atomic mass is 16.5. The maximum atomic E-state index is 9.56. The molecule has 0 aromatic heterocycles. The molecule has 2 aromatic rings. The maximum absolute atomic E-state index is 9.56. The Morgan fingerprint density at radius 3 is 2.50 bits per heavy atom. The molecule has 0 aliphatic heterocycles. The molecule has 0 saturated carbocycles.